The van der Waals surface area contributed by atoms with Crippen LogP contribution < -0.4 is 20.9 Å². The maximum Gasteiger partial charge on any atom is 0.261 e. The van der Waals surface area contributed by atoms with Crippen LogP contribution in [0.15, 0.2) is 66.0 Å². The van der Waals surface area contributed by atoms with Crippen molar-refractivity contribution in [2.24, 2.45) is 0 Å². The summed E-state index contributed by atoms with van der Waals surface area (Å²) >= 11 is 1.37. The number of carbonyl (C=O) groups excluding carboxylic acids is 3. The molecule has 0 saturated heterocycles. The van der Waals surface area contributed by atoms with E-state index in [1.807, 2.05) is 42.6 Å². The topological polar surface area (TPSA) is 90.5 Å². The molecule has 0 aliphatic rings. The highest BCUT2D eigenvalue weighted by atomic mass is 32.1. The van der Waals surface area contributed by atoms with Gasteiger partial charge in [0.25, 0.3) is 17.7 Å². The fraction of sp³-hybridized carbons (Fsp3) is 0.174. The van der Waals surface area contributed by atoms with E-state index < -0.39 is 0 Å². The van der Waals surface area contributed by atoms with Crippen LogP contribution in [0.4, 0.5) is 11.4 Å². The highest BCUT2D eigenvalue weighted by Gasteiger charge is 2.09. The molecule has 8 heteroatoms. The predicted octanol–water partition coefficient (Wildman–Crippen LogP) is 3.23. The van der Waals surface area contributed by atoms with Crippen LogP contribution in [0.2, 0.25) is 0 Å². The van der Waals surface area contributed by atoms with Gasteiger partial charge in [-0.1, -0.05) is 6.07 Å². The maximum absolute atomic E-state index is 12.4. The summed E-state index contributed by atoms with van der Waals surface area (Å²) in [5.74, 6) is -0.618. The molecule has 0 radical (unpaired) electrons. The van der Waals surface area contributed by atoms with Crippen LogP contribution in [-0.2, 0) is 0 Å². The highest BCUT2D eigenvalue weighted by molar-refractivity contribution is 7.12. The standard InChI is InChI=1S/C23H24N4O3S/c1-27(2)19-11-7-17(8-12-19)22(29)26-18-9-5-16(6-10-18)21(28)24-13-14-25-23(30)20-4-3-15-31-20/h3-12,15H,13-14H2,1-2H3,(H,24,28)(H,25,30)(H,26,29). The molecule has 2 aromatic carbocycles. The average Bonchev–Trinajstić information content (AvgIpc) is 3.32. The molecule has 0 atom stereocenters. The molecule has 0 saturated carbocycles. The normalized spacial score (nSPS) is 10.3. The lowest BCUT2D eigenvalue weighted by Crippen LogP contribution is -2.34. The van der Waals surface area contributed by atoms with Crippen molar-refractivity contribution in [1.29, 1.82) is 0 Å². The summed E-state index contributed by atoms with van der Waals surface area (Å²) in [6.07, 6.45) is 0. The number of amides is 3. The van der Waals surface area contributed by atoms with Gasteiger partial charge in [-0.25, -0.2) is 0 Å². The van der Waals surface area contributed by atoms with Crippen molar-refractivity contribution in [1.82, 2.24) is 10.6 Å². The van der Waals surface area contributed by atoms with Gasteiger partial charge in [0.1, 0.15) is 0 Å². The molecule has 0 fully saturated rings. The van der Waals surface area contributed by atoms with Crippen LogP contribution in [0.1, 0.15) is 30.4 Å². The van der Waals surface area contributed by atoms with Gasteiger partial charge >= 0.3 is 0 Å². The Balaban J connectivity index is 1.46. The summed E-state index contributed by atoms with van der Waals surface area (Å²) in [6, 6.07) is 17.5. The van der Waals surface area contributed by atoms with E-state index >= 15 is 0 Å². The van der Waals surface area contributed by atoms with Gasteiger partial charge in [-0.3, -0.25) is 14.4 Å². The summed E-state index contributed by atoms with van der Waals surface area (Å²) < 4.78 is 0. The monoisotopic (exact) mass is 436 g/mol. The summed E-state index contributed by atoms with van der Waals surface area (Å²) in [6.45, 7) is 0.653. The predicted molar refractivity (Wildman–Crippen MR) is 124 cm³/mol. The van der Waals surface area contributed by atoms with Crippen LogP contribution in [0, 0.1) is 0 Å². The number of carbonyl (C=O) groups is 3. The summed E-state index contributed by atoms with van der Waals surface area (Å²) in [4.78, 5) is 39.1. The first-order valence-electron chi connectivity index (χ1n) is 9.73. The lowest BCUT2D eigenvalue weighted by Gasteiger charge is -2.12. The number of benzene rings is 2. The van der Waals surface area contributed by atoms with Gasteiger partial charge in [-0.05, 0) is 60.0 Å². The van der Waals surface area contributed by atoms with Crippen molar-refractivity contribution >= 4 is 40.4 Å². The lowest BCUT2D eigenvalue weighted by molar-refractivity contribution is 0.0929. The Morgan fingerprint density at radius 1 is 0.774 bits per heavy atom. The van der Waals surface area contributed by atoms with Crippen molar-refractivity contribution in [2.75, 3.05) is 37.4 Å². The second-order valence-corrected chi connectivity index (χ2v) is 7.91. The van der Waals surface area contributed by atoms with E-state index in [0.717, 1.165) is 5.69 Å². The van der Waals surface area contributed by atoms with Gasteiger partial charge in [0.05, 0.1) is 4.88 Å². The van der Waals surface area contributed by atoms with Crippen LogP contribution in [0.3, 0.4) is 0 Å². The zero-order valence-corrected chi connectivity index (χ0v) is 18.2. The fourth-order valence-electron chi connectivity index (χ4n) is 2.77. The largest absolute Gasteiger partial charge is 0.378 e. The number of hydrogen-bond donors (Lipinski definition) is 3. The minimum Gasteiger partial charge on any atom is -0.378 e. The molecule has 3 aromatic rings. The summed E-state index contributed by atoms with van der Waals surface area (Å²) in [7, 11) is 3.88. The van der Waals surface area contributed by atoms with E-state index in [4.69, 9.17) is 0 Å². The van der Waals surface area contributed by atoms with Gasteiger partial charge in [0.2, 0.25) is 0 Å². The molecule has 31 heavy (non-hydrogen) atoms. The quantitative estimate of drug-likeness (QED) is 0.473. The van der Waals surface area contributed by atoms with Gasteiger partial charge in [0, 0.05) is 49.7 Å². The van der Waals surface area contributed by atoms with Crippen molar-refractivity contribution < 1.29 is 14.4 Å². The van der Waals surface area contributed by atoms with E-state index in [1.54, 1.807) is 42.5 Å². The van der Waals surface area contributed by atoms with E-state index in [0.29, 0.717) is 34.8 Å². The van der Waals surface area contributed by atoms with Gasteiger partial charge in [-0.2, -0.15) is 0 Å². The first-order valence-corrected chi connectivity index (χ1v) is 10.6. The zero-order chi connectivity index (χ0) is 22.2. The minimum absolute atomic E-state index is 0.152. The molecular formula is C23H24N4O3S. The number of nitrogens with one attached hydrogen (secondary N) is 3. The smallest absolute Gasteiger partial charge is 0.261 e. The zero-order valence-electron chi connectivity index (χ0n) is 17.3. The second kappa shape index (κ2) is 10.4. The lowest BCUT2D eigenvalue weighted by atomic mass is 10.1. The Morgan fingerprint density at radius 2 is 1.35 bits per heavy atom. The first kappa shape index (κ1) is 22.0. The molecular weight excluding hydrogens is 412 g/mol. The molecule has 0 bridgehead atoms. The van der Waals surface area contributed by atoms with Gasteiger partial charge < -0.3 is 20.9 Å². The summed E-state index contributed by atoms with van der Waals surface area (Å²) in [5, 5.41) is 10.2. The molecule has 1 heterocycles. The molecule has 3 N–H and O–H groups in total. The number of rotatable bonds is 8. The fourth-order valence-corrected chi connectivity index (χ4v) is 3.41. The maximum atomic E-state index is 12.4. The summed E-state index contributed by atoms with van der Waals surface area (Å²) in [5.41, 5.74) is 2.63. The van der Waals surface area contributed by atoms with Crippen LogP contribution in [0.25, 0.3) is 0 Å². The third kappa shape index (κ3) is 6.16. The molecule has 3 amide bonds. The second-order valence-electron chi connectivity index (χ2n) is 6.96. The minimum atomic E-state index is -0.248. The van der Waals surface area contributed by atoms with Crippen molar-refractivity contribution in [3.8, 4) is 0 Å². The van der Waals surface area contributed by atoms with Crippen molar-refractivity contribution in [2.45, 2.75) is 0 Å². The van der Waals surface area contributed by atoms with Crippen LogP contribution in [-0.4, -0.2) is 44.9 Å². The third-order valence-corrected chi connectivity index (χ3v) is 5.36. The van der Waals surface area contributed by atoms with Crippen molar-refractivity contribution in [3.05, 3.63) is 82.0 Å². The van der Waals surface area contributed by atoms with Crippen LogP contribution >= 0.6 is 11.3 Å². The average molecular weight is 437 g/mol. The Kier molecular flexibility index (Phi) is 7.40. The molecule has 3 rings (SSSR count). The van der Waals surface area contributed by atoms with Gasteiger partial charge in [-0.15, -0.1) is 11.3 Å². The Hall–Kier alpha value is -3.65. The third-order valence-electron chi connectivity index (χ3n) is 4.49. The number of hydrogen-bond acceptors (Lipinski definition) is 5. The SMILES string of the molecule is CN(C)c1ccc(C(=O)Nc2ccc(C(=O)NCCNC(=O)c3cccs3)cc2)cc1. The Labute approximate surface area is 185 Å². The number of anilines is 2. The first-order chi connectivity index (χ1) is 14.9. The molecule has 1 aromatic heterocycles. The molecule has 0 aliphatic carbocycles. The van der Waals surface area contributed by atoms with E-state index in [1.165, 1.54) is 11.3 Å². The Bertz CT molecular complexity index is 1030. The molecule has 0 unspecified atom stereocenters. The van der Waals surface area contributed by atoms with E-state index in [2.05, 4.69) is 16.0 Å². The number of thiophene rings is 1. The Morgan fingerprint density at radius 3 is 1.94 bits per heavy atom. The van der Waals surface area contributed by atoms with Crippen molar-refractivity contribution in [3.63, 3.8) is 0 Å². The van der Waals surface area contributed by atoms with Gasteiger partial charge in [0.15, 0.2) is 0 Å². The van der Waals surface area contributed by atoms with Crippen LogP contribution in [0.5, 0.6) is 0 Å². The van der Waals surface area contributed by atoms with E-state index in [9.17, 15) is 14.4 Å². The molecule has 0 aliphatic heterocycles. The molecule has 0 spiro atoms. The van der Waals surface area contributed by atoms with E-state index in [-0.39, 0.29) is 17.7 Å². The highest BCUT2D eigenvalue weighted by Crippen LogP contribution is 2.15. The molecule has 7 nitrogen and oxygen atoms in total. The molecule has 160 valence electrons. The number of nitrogens with zero attached hydrogens (tertiary/aromatic N) is 1.